The van der Waals surface area contributed by atoms with E-state index in [1.165, 1.54) is 0 Å². The molecule has 0 fully saturated rings. The molecule has 1 aromatic rings. The first kappa shape index (κ1) is 15.1. The molecule has 0 aliphatic carbocycles. The molecule has 3 heteroatoms. The zero-order chi connectivity index (χ0) is 18.1. The molecule has 0 unspecified atom stereocenters. The van der Waals surface area contributed by atoms with Crippen molar-refractivity contribution in [2.45, 2.75) is 64.9 Å². The first-order valence-electron chi connectivity index (χ1n) is 8.48. The molecule has 0 heterocycles. The van der Waals surface area contributed by atoms with Crippen LogP contribution < -0.4 is 0 Å². The van der Waals surface area contributed by atoms with E-state index >= 15 is 0 Å². The molecule has 1 nitrogen and oxygen atoms in total. The van der Waals surface area contributed by atoms with E-state index in [1.807, 2.05) is 58.9 Å². The highest BCUT2D eigenvalue weighted by Crippen LogP contribution is 2.29. The van der Waals surface area contributed by atoms with Crippen molar-refractivity contribution in [3.63, 3.8) is 0 Å². The van der Waals surface area contributed by atoms with Crippen LogP contribution in [0.3, 0.4) is 0 Å². The van der Waals surface area contributed by atoms with Crippen LogP contribution in [0.5, 0.6) is 0 Å². The summed E-state index contributed by atoms with van der Waals surface area (Å²) in [6, 6.07) is 8.01. The fourth-order valence-corrected chi connectivity index (χ4v) is 2.75. The molecule has 0 aliphatic heterocycles. The predicted octanol–water partition coefficient (Wildman–Crippen LogP) is 4.47. The molecule has 0 spiro atoms. The molecule has 0 atom stereocenters. The molecule has 0 N–H and O–H groups in total. The maximum absolute atomic E-state index is 8.33. The smallest absolute Gasteiger partial charge is 0.168 e. The molecular weight excluding hydrogens is 288 g/mol. The summed E-state index contributed by atoms with van der Waals surface area (Å²) in [5, 5.41) is -0.451. The molecular formula is C18H30OSi2. The highest BCUT2D eigenvalue weighted by Gasteiger charge is 2.24. The third-order valence-electron chi connectivity index (χ3n) is 2.77. The van der Waals surface area contributed by atoms with E-state index in [9.17, 15) is 0 Å². The van der Waals surface area contributed by atoms with Gasteiger partial charge in [-0.3, -0.25) is 0 Å². The normalized spacial score (nSPS) is 14.9. The van der Waals surface area contributed by atoms with Crippen LogP contribution in [0.2, 0.25) is 24.7 Å². The minimum Gasteiger partial charge on any atom is -0.415 e. The Labute approximate surface area is 136 Å². The van der Waals surface area contributed by atoms with Crippen molar-refractivity contribution in [3.8, 4) is 11.5 Å². The van der Waals surface area contributed by atoms with Gasteiger partial charge in [-0.25, -0.2) is 0 Å². The fourth-order valence-electron chi connectivity index (χ4n) is 1.55. The molecule has 116 valence electrons. The maximum atomic E-state index is 8.33. The van der Waals surface area contributed by atoms with E-state index < -0.39 is 28.3 Å². The van der Waals surface area contributed by atoms with Crippen molar-refractivity contribution in [1.29, 1.82) is 2.47 Å². The monoisotopic (exact) mass is 320 g/mol. The van der Waals surface area contributed by atoms with Crippen molar-refractivity contribution in [2.75, 3.05) is 0 Å². The minimum absolute atomic E-state index is 0.451. The van der Waals surface area contributed by atoms with Crippen LogP contribution in [0.4, 0.5) is 0 Å². The number of hydrogen-bond donors (Lipinski definition) is 0. The number of hydrogen-bond acceptors (Lipinski definition) is 1. The summed E-state index contributed by atoms with van der Waals surface area (Å²) in [6.45, 7) is 16.3. The summed E-state index contributed by atoms with van der Waals surface area (Å²) in [4.78, 5) is 0. The van der Waals surface area contributed by atoms with Gasteiger partial charge in [0.2, 0.25) is 0 Å². The lowest BCUT2D eigenvalue weighted by molar-refractivity contribution is 0.109. The first-order chi connectivity index (χ1) is 10.1. The van der Waals surface area contributed by atoms with E-state index in [-0.39, 0.29) is 0 Å². The van der Waals surface area contributed by atoms with Gasteiger partial charge in [-0.2, -0.15) is 0 Å². The summed E-state index contributed by atoms with van der Waals surface area (Å²) in [5.41, 5.74) is 4.70. The molecule has 0 amide bonds. The lowest BCUT2D eigenvalue weighted by Crippen LogP contribution is -2.27. The Morgan fingerprint density at radius 1 is 1.05 bits per heavy atom. The van der Waals surface area contributed by atoms with Crippen molar-refractivity contribution in [1.82, 2.24) is 0 Å². The van der Waals surface area contributed by atoms with E-state index in [4.69, 9.17) is 6.90 Å². The van der Waals surface area contributed by atoms with E-state index in [0.717, 1.165) is 11.1 Å². The topological polar surface area (TPSA) is 9.23 Å². The molecule has 0 aliphatic rings. The third kappa shape index (κ3) is 7.12. The van der Waals surface area contributed by atoms with Gasteiger partial charge in [-0.1, -0.05) is 58.5 Å². The van der Waals surface area contributed by atoms with Crippen LogP contribution in [0.25, 0.3) is 0 Å². The quantitative estimate of drug-likeness (QED) is 0.590. The summed E-state index contributed by atoms with van der Waals surface area (Å²) in [7, 11) is -4.67. The number of rotatable bonds is 3. The first-order valence-corrected chi connectivity index (χ1v) is 11.9. The fraction of sp³-hybridized carbons (Fsp3) is 0.556. The Hall–Kier alpha value is -0.826. The lowest BCUT2D eigenvalue weighted by Gasteiger charge is -2.30. The molecule has 1 rings (SSSR count). The van der Waals surface area contributed by atoms with Crippen LogP contribution in [0, 0.1) is 11.5 Å². The zero-order valence-corrected chi connectivity index (χ0v) is 16.7. The molecule has 0 saturated carbocycles. The Morgan fingerprint density at radius 3 is 2.00 bits per heavy atom. The Bertz CT molecular complexity index is 597. The SMILES string of the molecule is [2H][Si]([2H])(OC(C)(C)c1ccc(C#C[Si](C)(C)C)cc1)C(C)(C)C. The molecule has 0 aromatic heterocycles. The number of benzene rings is 1. The van der Waals surface area contributed by atoms with Gasteiger partial charge < -0.3 is 4.43 Å². The van der Waals surface area contributed by atoms with Crippen molar-refractivity contribution in [3.05, 3.63) is 35.4 Å². The summed E-state index contributed by atoms with van der Waals surface area (Å²) in [5.74, 6) is 3.24. The van der Waals surface area contributed by atoms with Crippen molar-refractivity contribution >= 4 is 17.7 Å². The minimum atomic E-state index is -3.30. The van der Waals surface area contributed by atoms with Gasteiger partial charge in [-0.05, 0) is 36.6 Å². The molecule has 0 radical (unpaired) electrons. The second-order valence-electron chi connectivity index (χ2n) is 8.04. The van der Waals surface area contributed by atoms with Crippen molar-refractivity contribution < 1.29 is 4.43 Å². The van der Waals surface area contributed by atoms with Gasteiger partial charge in [0.1, 0.15) is 8.07 Å². The summed E-state index contributed by atoms with van der Waals surface area (Å²) >= 11 is 0. The average Bonchev–Trinajstić information content (AvgIpc) is 2.33. The maximum Gasteiger partial charge on any atom is 0.168 e. The second-order valence-corrected chi connectivity index (χ2v) is 14.7. The lowest BCUT2D eigenvalue weighted by atomic mass is 9.97. The van der Waals surface area contributed by atoms with Gasteiger partial charge in [0.25, 0.3) is 0 Å². The standard InChI is InChI=1S/C18H30OSi2/c1-17(2,3)20-19-18(4,5)16-11-9-15(10-12-16)13-14-21(6,7)8/h9-12H,20H2,1-8H3/i20D2. The van der Waals surface area contributed by atoms with Crippen LogP contribution in [0.1, 0.15) is 45.7 Å². The largest absolute Gasteiger partial charge is 0.415 e. The highest BCUT2D eigenvalue weighted by molar-refractivity contribution is 6.83. The van der Waals surface area contributed by atoms with Crippen LogP contribution >= 0.6 is 0 Å². The molecule has 21 heavy (non-hydrogen) atoms. The van der Waals surface area contributed by atoms with Crippen molar-refractivity contribution in [2.24, 2.45) is 0 Å². The van der Waals surface area contributed by atoms with Gasteiger partial charge >= 0.3 is 0 Å². The van der Waals surface area contributed by atoms with Gasteiger partial charge in [0.15, 0.2) is 9.63 Å². The van der Waals surface area contributed by atoms with E-state index in [0.29, 0.717) is 0 Å². The molecule has 0 bridgehead atoms. The van der Waals surface area contributed by atoms with Gasteiger partial charge in [0, 0.05) is 8.03 Å². The predicted molar refractivity (Wildman–Crippen MR) is 99.0 cm³/mol. The zero-order valence-electron chi connectivity index (χ0n) is 16.7. The Kier molecular flexibility index (Phi) is 4.68. The van der Waals surface area contributed by atoms with E-state index in [1.54, 1.807) is 0 Å². The third-order valence-corrected chi connectivity index (χ3v) is 4.87. The summed E-state index contributed by atoms with van der Waals surface area (Å²) < 4.78 is 22.6. The average molecular weight is 321 g/mol. The highest BCUT2D eigenvalue weighted by atomic mass is 28.3. The summed E-state index contributed by atoms with van der Waals surface area (Å²) in [6.07, 6.45) is 0. The van der Waals surface area contributed by atoms with Crippen LogP contribution in [-0.2, 0) is 10.0 Å². The van der Waals surface area contributed by atoms with Gasteiger partial charge in [-0.15, -0.1) is 5.54 Å². The molecule has 0 saturated heterocycles. The second kappa shape index (κ2) is 6.52. The molecule has 1 aromatic carbocycles. The van der Waals surface area contributed by atoms with E-state index in [2.05, 4.69) is 31.1 Å². The van der Waals surface area contributed by atoms with Gasteiger partial charge in [0.05, 0.1) is 5.60 Å². The Balaban J connectivity index is 3.00. The van der Waals surface area contributed by atoms with Crippen LogP contribution in [0.15, 0.2) is 24.3 Å². The van der Waals surface area contributed by atoms with Crippen LogP contribution in [-0.4, -0.2) is 20.2 Å². The Morgan fingerprint density at radius 2 is 1.57 bits per heavy atom.